The zero-order valence-electron chi connectivity index (χ0n) is 16.6. The molecule has 0 unspecified atom stereocenters. The highest BCUT2D eigenvalue weighted by Crippen LogP contribution is 2.26. The Morgan fingerprint density at radius 1 is 1.11 bits per heavy atom. The zero-order chi connectivity index (χ0) is 20.2. The van der Waals surface area contributed by atoms with Gasteiger partial charge in [-0.2, -0.15) is 4.31 Å². The number of likely N-dealkylation sites (N-methyl/N-ethyl adjacent to an activating group) is 1. The minimum atomic E-state index is -3.54. The second-order valence-corrected chi connectivity index (χ2v) is 8.96. The molecule has 0 saturated heterocycles. The van der Waals surface area contributed by atoms with Crippen LogP contribution in [0.2, 0.25) is 0 Å². The molecule has 2 aromatic carbocycles. The van der Waals surface area contributed by atoms with Crippen molar-refractivity contribution in [2.45, 2.75) is 39.3 Å². The van der Waals surface area contributed by atoms with Crippen molar-refractivity contribution in [3.05, 3.63) is 70.8 Å². The summed E-state index contributed by atoms with van der Waals surface area (Å²) in [4.78, 5) is 13.1. The van der Waals surface area contributed by atoms with E-state index in [1.165, 1.54) is 7.05 Å². The Kier molecular flexibility index (Phi) is 6.78. The molecule has 27 heavy (non-hydrogen) atoms. The quantitative estimate of drug-likeness (QED) is 0.789. The fourth-order valence-electron chi connectivity index (χ4n) is 3.22. The summed E-state index contributed by atoms with van der Waals surface area (Å²) in [6, 6.07) is 14.0. The van der Waals surface area contributed by atoms with Crippen LogP contribution in [0.1, 0.15) is 47.7 Å². The lowest BCUT2D eigenvalue weighted by Gasteiger charge is -2.28. The SMILES string of the molecule is CC[C@@H](NC(=O)[C@H](c1ccccc1)N(C)S(C)(=O)=O)c1ccc(C)cc1C. The number of rotatable bonds is 7. The highest BCUT2D eigenvalue weighted by Gasteiger charge is 2.32. The minimum absolute atomic E-state index is 0.183. The third-order valence-electron chi connectivity index (χ3n) is 4.78. The summed E-state index contributed by atoms with van der Waals surface area (Å²) >= 11 is 0. The second-order valence-electron chi connectivity index (χ2n) is 6.92. The number of sulfonamides is 1. The molecule has 2 aromatic rings. The van der Waals surface area contributed by atoms with Crippen LogP contribution in [0.25, 0.3) is 0 Å². The highest BCUT2D eigenvalue weighted by molar-refractivity contribution is 7.88. The average Bonchev–Trinajstić information content (AvgIpc) is 2.60. The molecule has 0 spiro atoms. The number of nitrogens with one attached hydrogen (secondary N) is 1. The summed E-state index contributed by atoms with van der Waals surface area (Å²) in [5.74, 6) is -0.332. The number of carbonyl (C=O) groups is 1. The largest absolute Gasteiger partial charge is 0.348 e. The maximum atomic E-state index is 13.1. The van der Waals surface area contributed by atoms with Gasteiger partial charge in [0, 0.05) is 7.05 Å². The van der Waals surface area contributed by atoms with Gasteiger partial charge in [-0.15, -0.1) is 0 Å². The molecule has 0 aliphatic carbocycles. The molecule has 0 bridgehead atoms. The van der Waals surface area contributed by atoms with Crippen LogP contribution in [0, 0.1) is 13.8 Å². The van der Waals surface area contributed by atoms with Crippen molar-refractivity contribution in [1.29, 1.82) is 0 Å². The summed E-state index contributed by atoms with van der Waals surface area (Å²) < 4.78 is 25.3. The Balaban J connectivity index is 2.37. The fraction of sp³-hybridized carbons (Fsp3) is 0.381. The van der Waals surface area contributed by atoms with E-state index in [1.54, 1.807) is 24.3 Å². The maximum absolute atomic E-state index is 13.1. The summed E-state index contributed by atoms with van der Waals surface area (Å²) in [6.45, 7) is 6.05. The Morgan fingerprint density at radius 2 is 1.74 bits per heavy atom. The average molecular weight is 389 g/mol. The smallest absolute Gasteiger partial charge is 0.243 e. The van der Waals surface area contributed by atoms with Crippen molar-refractivity contribution >= 4 is 15.9 Å². The van der Waals surface area contributed by atoms with E-state index in [4.69, 9.17) is 0 Å². The molecule has 0 aliphatic heterocycles. The van der Waals surface area contributed by atoms with E-state index >= 15 is 0 Å². The Morgan fingerprint density at radius 3 is 2.26 bits per heavy atom. The van der Waals surface area contributed by atoms with E-state index in [0.29, 0.717) is 12.0 Å². The minimum Gasteiger partial charge on any atom is -0.348 e. The van der Waals surface area contributed by atoms with Gasteiger partial charge in [-0.25, -0.2) is 8.42 Å². The first kappa shape index (κ1) is 21.1. The summed E-state index contributed by atoms with van der Waals surface area (Å²) in [6.07, 6.45) is 1.82. The third kappa shape index (κ3) is 5.17. The first-order valence-corrected chi connectivity index (χ1v) is 10.9. The van der Waals surface area contributed by atoms with Gasteiger partial charge >= 0.3 is 0 Å². The van der Waals surface area contributed by atoms with Gasteiger partial charge in [0.25, 0.3) is 0 Å². The topological polar surface area (TPSA) is 66.5 Å². The van der Waals surface area contributed by atoms with Gasteiger partial charge in [-0.3, -0.25) is 4.79 Å². The molecule has 0 radical (unpaired) electrons. The standard InChI is InChI=1S/C21H28N2O3S/c1-6-19(18-13-12-15(2)14-16(18)3)22-21(24)20(23(4)27(5,25)26)17-10-8-7-9-11-17/h7-14,19-20H,6H2,1-5H3,(H,22,24)/t19-,20+/m1/s1. The van der Waals surface area contributed by atoms with Gasteiger partial charge in [-0.1, -0.05) is 61.0 Å². The summed E-state index contributed by atoms with van der Waals surface area (Å²) in [5, 5.41) is 3.05. The summed E-state index contributed by atoms with van der Waals surface area (Å²) in [7, 11) is -2.11. The molecule has 0 fully saturated rings. The van der Waals surface area contributed by atoms with Gasteiger partial charge < -0.3 is 5.32 Å². The molecule has 146 valence electrons. The van der Waals surface area contributed by atoms with Crippen molar-refractivity contribution in [3.63, 3.8) is 0 Å². The molecule has 1 amide bonds. The number of carbonyl (C=O) groups excluding carboxylic acids is 1. The number of hydrogen-bond donors (Lipinski definition) is 1. The molecule has 2 atom stereocenters. The van der Waals surface area contributed by atoms with Crippen LogP contribution in [0.5, 0.6) is 0 Å². The molecule has 0 saturated carbocycles. The molecule has 5 nitrogen and oxygen atoms in total. The Labute approximate surface area is 162 Å². The van der Waals surface area contributed by atoms with Crippen molar-refractivity contribution in [3.8, 4) is 0 Å². The normalized spacial score (nSPS) is 14.0. The van der Waals surface area contributed by atoms with Gasteiger partial charge in [-0.05, 0) is 37.0 Å². The van der Waals surface area contributed by atoms with Crippen molar-refractivity contribution in [2.75, 3.05) is 13.3 Å². The van der Waals surface area contributed by atoms with Crippen molar-refractivity contribution in [2.24, 2.45) is 0 Å². The number of amides is 1. The number of nitrogens with zero attached hydrogens (tertiary/aromatic N) is 1. The van der Waals surface area contributed by atoms with Crippen LogP contribution in [0.15, 0.2) is 48.5 Å². The first-order chi connectivity index (χ1) is 12.6. The van der Waals surface area contributed by atoms with E-state index in [-0.39, 0.29) is 11.9 Å². The van der Waals surface area contributed by atoms with Crippen LogP contribution in [0.3, 0.4) is 0 Å². The molecular weight excluding hydrogens is 360 g/mol. The predicted molar refractivity (Wildman–Crippen MR) is 109 cm³/mol. The van der Waals surface area contributed by atoms with E-state index < -0.39 is 16.1 Å². The number of aryl methyl sites for hydroxylation is 2. The van der Waals surface area contributed by atoms with Gasteiger partial charge in [0.2, 0.25) is 15.9 Å². The molecule has 0 aromatic heterocycles. The molecule has 1 N–H and O–H groups in total. The van der Waals surface area contributed by atoms with Crippen LogP contribution >= 0.6 is 0 Å². The van der Waals surface area contributed by atoms with Crippen LogP contribution in [-0.4, -0.2) is 31.9 Å². The van der Waals surface area contributed by atoms with Gasteiger partial charge in [0.05, 0.1) is 12.3 Å². The van der Waals surface area contributed by atoms with Crippen molar-refractivity contribution in [1.82, 2.24) is 9.62 Å². The first-order valence-electron chi connectivity index (χ1n) is 9.00. The molecular formula is C21H28N2O3S. The lowest BCUT2D eigenvalue weighted by Crippen LogP contribution is -2.42. The van der Waals surface area contributed by atoms with E-state index in [9.17, 15) is 13.2 Å². The Bertz CT molecular complexity index is 895. The molecule has 2 rings (SSSR count). The van der Waals surface area contributed by atoms with Crippen LogP contribution in [-0.2, 0) is 14.8 Å². The van der Waals surface area contributed by atoms with E-state index in [0.717, 1.165) is 27.3 Å². The fourth-order valence-corrected chi connectivity index (χ4v) is 3.82. The van der Waals surface area contributed by atoms with Crippen LogP contribution < -0.4 is 5.32 Å². The zero-order valence-corrected chi connectivity index (χ0v) is 17.4. The summed E-state index contributed by atoms with van der Waals surface area (Å²) in [5.41, 5.74) is 3.95. The van der Waals surface area contributed by atoms with Gasteiger partial charge in [0.1, 0.15) is 6.04 Å². The lowest BCUT2D eigenvalue weighted by atomic mass is 9.96. The molecule has 0 heterocycles. The Hall–Kier alpha value is -2.18. The van der Waals surface area contributed by atoms with Gasteiger partial charge in [0.15, 0.2) is 0 Å². The highest BCUT2D eigenvalue weighted by atomic mass is 32.2. The maximum Gasteiger partial charge on any atom is 0.243 e. The molecule has 6 heteroatoms. The van der Waals surface area contributed by atoms with E-state index in [2.05, 4.69) is 11.4 Å². The third-order valence-corrected chi connectivity index (χ3v) is 6.03. The number of hydrogen-bond acceptors (Lipinski definition) is 3. The van der Waals surface area contributed by atoms with Crippen molar-refractivity contribution < 1.29 is 13.2 Å². The second kappa shape index (κ2) is 8.67. The lowest BCUT2D eigenvalue weighted by molar-refractivity contribution is -0.125. The van der Waals surface area contributed by atoms with Crippen LogP contribution in [0.4, 0.5) is 0 Å². The predicted octanol–water partition coefficient (Wildman–Crippen LogP) is 3.50. The molecule has 0 aliphatic rings. The number of benzene rings is 2. The van der Waals surface area contributed by atoms with E-state index in [1.807, 2.05) is 39.0 Å². The monoisotopic (exact) mass is 388 g/mol.